The fourth-order valence-electron chi connectivity index (χ4n) is 4.54. The number of piperidine rings is 1. The van der Waals surface area contributed by atoms with Crippen molar-refractivity contribution in [3.63, 3.8) is 0 Å². The minimum absolute atomic E-state index is 0.105. The summed E-state index contributed by atoms with van der Waals surface area (Å²) in [4.78, 5) is 24.3. The molecule has 3 atom stereocenters. The summed E-state index contributed by atoms with van der Waals surface area (Å²) in [7, 11) is 1.48. The molecule has 2 fully saturated rings. The molecule has 28 heavy (non-hydrogen) atoms. The summed E-state index contributed by atoms with van der Waals surface area (Å²) in [5.74, 6) is -0.746. The first-order valence-electron chi connectivity index (χ1n) is 9.58. The molecule has 0 bridgehead atoms. The van der Waals surface area contributed by atoms with Crippen molar-refractivity contribution in [3.8, 4) is 5.75 Å². The smallest absolute Gasteiger partial charge is 0.341 e. The molecule has 2 aliphatic rings. The van der Waals surface area contributed by atoms with Crippen molar-refractivity contribution in [1.29, 1.82) is 0 Å². The summed E-state index contributed by atoms with van der Waals surface area (Å²) in [6.45, 7) is 2.64. The zero-order chi connectivity index (χ0) is 20.2. The number of nitrogens with two attached hydrogens (primary N) is 1. The van der Waals surface area contributed by atoms with E-state index < -0.39 is 16.0 Å². The molecule has 2 heterocycles. The molecule has 3 N–H and O–H groups in total. The molecule has 8 heteroatoms. The molecule has 1 saturated heterocycles. The van der Waals surface area contributed by atoms with Crippen molar-refractivity contribution in [2.24, 2.45) is 11.7 Å². The van der Waals surface area contributed by atoms with E-state index in [4.69, 9.17) is 10.5 Å². The van der Waals surface area contributed by atoms with Gasteiger partial charge in [0.05, 0.1) is 31.6 Å². The molecule has 0 spiro atoms. The Hall–Kier alpha value is -2.42. The average molecular weight is 387 g/mol. The molecule has 1 saturated carbocycles. The second-order valence-electron chi connectivity index (χ2n) is 8.19. The number of carboxylic acid groups (broad SMARTS) is 1. The monoisotopic (exact) mass is 387 g/mol. The van der Waals surface area contributed by atoms with E-state index in [0.29, 0.717) is 23.5 Å². The topological polar surface area (TPSA) is 118 Å². The van der Waals surface area contributed by atoms with E-state index in [2.05, 4.69) is 0 Å². The fraction of sp³-hybridized carbons (Fsp3) is 0.500. The van der Waals surface area contributed by atoms with E-state index in [1.165, 1.54) is 13.3 Å². The standard InChI is InChI=1S/C20H25N3O5/c1-11-7-12(21)10-23(27,9-11)16-6-5-14-17(19(16)28-2)22(13-3-4-13)8-15(18(14)24)20(25)26/h5-6,8,11-13H,3-4,7,9-10,21H2,1-2H3,(H,25,26)/t11-,12-,23?/m0/s1. The summed E-state index contributed by atoms with van der Waals surface area (Å²) >= 11 is 0. The van der Waals surface area contributed by atoms with Crippen LogP contribution in [0.2, 0.25) is 0 Å². The van der Waals surface area contributed by atoms with Crippen LogP contribution in [0.4, 0.5) is 5.69 Å². The van der Waals surface area contributed by atoms with Crippen LogP contribution in [0.15, 0.2) is 23.1 Å². The highest BCUT2D eigenvalue weighted by atomic mass is 16.6. The lowest BCUT2D eigenvalue weighted by atomic mass is 9.95. The molecular weight excluding hydrogens is 362 g/mol. The minimum Gasteiger partial charge on any atom is -0.627 e. The number of hydrogen-bond acceptors (Lipinski definition) is 5. The number of aromatic carboxylic acids is 1. The van der Waals surface area contributed by atoms with Gasteiger partial charge in [0.15, 0.2) is 5.69 Å². The summed E-state index contributed by atoms with van der Waals surface area (Å²) in [5.41, 5.74) is 6.23. The van der Waals surface area contributed by atoms with Crippen LogP contribution in [0.5, 0.6) is 5.75 Å². The van der Waals surface area contributed by atoms with E-state index in [1.807, 2.05) is 6.92 Å². The van der Waals surface area contributed by atoms with Crippen LogP contribution in [0, 0.1) is 11.1 Å². The Morgan fingerprint density at radius 1 is 1.36 bits per heavy atom. The Morgan fingerprint density at radius 2 is 2.07 bits per heavy atom. The van der Waals surface area contributed by atoms with Crippen LogP contribution >= 0.6 is 0 Å². The molecule has 2 aromatic rings. The van der Waals surface area contributed by atoms with Crippen LogP contribution < -0.4 is 20.5 Å². The maximum Gasteiger partial charge on any atom is 0.341 e. The maximum atomic E-state index is 13.7. The first kappa shape index (κ1) is 18.9. The van der Waals surface area contributed by atoms with Gasteiger partial charge in [0, 0.05) is 24.2 Å². The summed E-state index contributed by atoms with van der Waals surface area (Å²) in [5, 5.41) is 23.4. The van der Waals surface area contributed by atoms with Crippen LogP contribution in [-0.4, -0.2) is 41.9 Å². The van der Waals surface area contributed by atoms with E-state index in [1.54, 1.807) is 16.7 Å². The van der Waals surface area contributed by atoms with Gasteiger partial charge in [-0.05, 0) is 25.3 Å². The molecule has 0 radical (unpaired) electrons. The number of hydrogen-bond donors (Lipinski definition) is 2. The quantitative estimate of drug-likeness (QED) is 0.613. The van der Waals surface area contributed by atoms with Gasteiger partial charge in [-0.15, -0.1) is 0 Å². The van der Waals surface area contributed by atoms with Crippen LogP contribution in [0.1, 0.15) is 42.6 Å². The average Bonchev–Trinajstić information content (AvgIpc) is 3.44. The van der Waals surface area contributed by atoms with Gasteiger partial charge in [-0.1, -0.05) is 6.92 Å². The zero-order valence-electron chi connectivity index (χ0n) is 16.1. The normalized spacial score (nSPS) is 27.7. The van der Waals surface area contributed by atoms with Gasteiger partial charge >= 0.3 is 5.97 Å². The van der Waals surface area contributed by atoms with Crippen LogP contribution in [0.3, 0.4) is 0 Å². The molecule has 150 valence electrons. The molecular formula is C20H25N3O5. The number of carbonyl (C=O) groups is 1. The molecule has 1 unspecified atom stereocenters. The molecule has 1 aliphatic carbocycles. The third kappa shape index (κ3) is 2.97. The molecule has 1 aliphatic heterocycles. The number of fused-ring (bicyclic) bond motifs is 1. The molecule has 8 nitrogen and oxygen atoms in total. The Labute approximate surface area is 162 Å². The first-order valence-corrected chi connectivity index (χ1v) is 9.58. The third-order valence-electron chi connectivity index (χ3n) is 5.78. The van der Waals surface area contributed by atoms with Crippen LogP contribution in [-0.2, 0) is 0 Å². The number of hydroxylamine groups is 2. The van der Waals surface area contributed by atoms with Crippen molar-refractivity contribution in [2.75, 3.05) is 20.2 Å². The molecule has 4 rings (SSSR count). The molecule has 0 amide bonds. The predicted octanol–water partition coefficient (Wildman–Crippen LogP) is 2.22. The predicted molar refractivity (Wildman–Crippen MR) is 107 cm³/mol. The van der Waals surface area contributed by atoms with Gasteiger partial charge in [-0.25, -0.2) is 4.79 Å². The van der Waals surface area contributed by atoms with Gasteiger partial charge < -0.3 is 30.0 Å². The van der Waals surface area contributed by atoms with Gasteiger partial charge in [0.25, 0.3) is 0 Å². The second-order valence-corrected chi connectivity index (χ2v) is 8.19. The van der Waals surface area contributed by atoms with Crippen LogP contribution in [0.25, 0.3) is 10.9 Å². The maximum absolute atomic E-state index is 13.7. The number of aromatic nitrogens is 1. The lowest BCUT2D eigenvalue weighted by Gasteiger charge is -2.49. The minimum atomic E-state index is -1.26. The lowest BCUT2D eigenvalue weighted by molar-refractivity contribution is 0.0695. The molecule has 1 aromatic carbocycles. The second kappa shape index (κ2) is 6.58. The number of carboxylic acids is 1. The van der Waals surface area contributed by atoms with Crippen molar-refractivity contribution < 1.29 is 14.6 Å². The third-order valence-corrected chi connectivity index (χ3v) is 5.78. The highest BCUT2D eigenvalue weighted by Crippen LogP contribution is 2.44. The summed E-state index contributed by atoms with van der Waals surface area (Å²) in [6.07, 6.45) is 3.97. The summed E-state index contributed by atoms with van der Waals surface area (Å²) < 4.78 is 6.84. The van der Waals surface area contributed by atoms with Crippen molar-refractivity contribution in [3.05, 3.63) is 39.3 Å². The van der Waals surface area contributed by atoms with Gasteiger partial charge in [-0.3, -0.25) is 4.79 Å². The lowest BCUT2D eigenvalue weighted by Crippen LogP contribution is -2.57. The highest BCUT2D eigenvalue weighted by Gasteiger charge is 2.37. The fourth-order valence-corrected chi connectivity index (χ4v) is 4.54. The number of quaternary nitrogens is 1. The van der Waals surface area contributed by atoms with Gasteiger partial charge in [0.2, 0.25) is 11.2 Å². The SMILES string of the molecule is COc1c([N+]2([O-])C[C@@H](C)C[C@H](N)C2)ccc2c(=O)c(C(=O)O)cn(C3CC3)c12. The summed E-state index contributed by atoms with van der Waals surface area (Å²) in [6, 6.07) is 3.06. The zero-order valence-corrected chi connectivity index (χ0v) is 16.1. The number of pyridine rings is 1. The van der Waals surface area contributed by atoms with E-state index in [0.717, 1.165) is 19.3 Å². The number of benzene rings is 1. The number of ether oxygens (including phenoxy) is 1. The van der Waals surface area contributed by atoms with E-state index in [-0.39, 0.29) is 35.5 Å². The Morgan fingerprint density at radius 3 is 2.64 bits per heavy atom. The number of methoxy groups -OCH3 is 1. The number of rotatable bonds is 4. The van der Waals surface area contributed by atoms with Gasteiger partial charge in [-0.2, -0.15) is 0 Å². The van der Waals surface area contributed by atoms with E-state index in [9.17, 15) is 19.9 Å². The van der Waals surface area contributed by atoms with Gasteiger partial charge in [0.1, 0.15) is 11.1 Å². The largest absolute Gasteiger partial charge is 0.627 e. The first-order chi connectivity index (χ1) is 13.2. The van der Waals surface area contributed by atoms with Crippen molar-refractivity contribution in [1.82, 2.24) is 9.21 Å². The Bertz CT molecular complexity index is 1000. The highest BCUT2D eigenvalue weighted by molar-refractivity contribution is 5.96. The van der Waals surface area contributed by atoms with Crippen molar-refractivity contribution >= 4 is 22.6 Å². The van der Waals surface area contributed by atoms with E-state index >= 15 is 0 Å². The van der Waals surface area contributed by atoms with Crippen molar-refractivity contribution in [2.45, 2.75) is 38.3 Å². The number of nitrogens with zero attached hydrogens (tertiary/aromatic N) is 2. The molecule has 1 aromatic heterocycles. The Balaban J connectivity index is 2.01. The Kier molecular flexibility index (Phi) is 4.45.